The summed E-state index contributed by atoms with van der Waals surface area (Å²) in [5.74, 6) is 1.56. The molecule has 1 saturated carbocycles. The Morgan fingerprint density at radius 1 is 1.28 bits per heavy atom. The summed E-state index contributed by atoms with van der Waals surface area (Å²) in [5.41, 5.74) is 1.57. The second kappa shape index (κ2) is 10.3. The van der Waals surface area contributed by atoms with E-state index in [-0.39, 0.29) is 18.6 Å². The van der Waals surface area contributed by atoms with Crippen molar-refractivity contribution in [3.05, 3.63) is 36.2 Å². The van der Waals surface area contributed by atoms with Crippen LogP contribution >= 0.6 is 0 Å². The fraction of sp³-hybridized carbons (Fsp3) is 0.455. The fourth-order valence-corrected chi connectivity index (χ4v) is 3.31. The van der Waals surface area contributed by atoms with Crippen LogP contribution in [0.3, 0.4) is 0 Å². The molecule has 0 spiro atoms. The van der Waals surface area contributed by atoms with Crippen LogP contribution in [-0.4, -0.2) is 56.9 Å². The standard InChI is InChI=1S/C22H29N7O3/c1-23-19-13-18(27-17-7-6-11-25-22(17)32-15-8-9-15)28-20-16(14-26-29(19)20)21(31)24-10-4-2-3-5-12-30/h6-7,11,13-15,23,30H,2-5,8-10,12H2,1H3,(H,24,31)(H,27,28). The molecule has 3 aromatic heterocycles. The maximum absolute atomic E-state index is 12.7. The zero-order chi connectivity index (χ0) is 22.3. The van der Waals surface area contributed by atoms with Crippen LogP contribution in [0.4, 0.5) is 17.3 Å². The topological polar surface area (TPSA) is 126 Å². The van der Waals surface area contributed by atoms with Crippen molar-refractivity contribution in [2.75, 3.05) is 30.8 Å². The summed E-state index contributed by atoms with van der Waals surface area (Å²) in [6, 6.07) is 5.53. The summed E-state index contributed by atoms with van der Waals surface area (Å²) in [7, 11) is 1.79. The lowest BCUT2D eigenvalue weighted by Crippen LogP contribution is -2.24. The van der Waals surface area contributed by atoms with Crippen LogP contribution in [0.2, 0.25) is 0 Å². The Kier molecular flexibility index (Phi) is 7.00. The predicted octanol–water partition coefficient (Wildman–Crippen LogP) is 2.73. The highest BCUT2D eigenvalue weighted by Crippen LogP contribution is 2.32. The van der Waals surface area contributed by atoms with Crippen molar-refractivity contribution >= 4 is 28.9 Å². The Hall–Kier alpha value is -3.40. The predicted molar refractivity (Wildman–Crippen MR) is 122 cm³/mol. The van der Waals surface area contributed by atoms with Gasteiger partial charge in [0, 0.05) is 32.5 Å². The maximum atomic E-state index is 12.7. The molecule has 4 rings (SSSR count). The number of anilines is 3. The number of ether oxygens (including phenoxy) is 1. The number of amides is 1. The van der Waals surface area contributed by atoms with E-state index in [0.717, 1.165) is 38.5 Å². The van der Waals surface area contributed by atoms with Crippen molar-refractivity contribution in [3.8, 4) is 5.88 Å². The van der Waals surface area contributed by atoms with Gasteiger partial charge >= 0.3 is 0 Å². The first kappa shape index (κ1) is 21.8. The number of nitrogens with zero attached hydrogens (tertiary/aromatic N) is 4. The van der Waals surface area contributed by atoms with Gasteiger partial charge in [-0.15, -0.1) is 0 Å². The molecule has 0 atom stereocenters. The summed E-state index contributed by atoms with van der Waals surface area (Å²) in [6.45, 7) is 0.772. The third-order valence-electron chi connectivity index (χ3n) is 5.18. The Balaban J connectivity index is 1.52. The lowest BCUT2D eigenvalue weighted by atomic mass is 10.2. The number of hydrogen-bond donors (Lipinski definition) is 4. The van der Waals surface area contributed by atoms with Crippen molar-refractivity contribution in [2.24, 2.45) is 0 Å². The number of pyridine rings is 1. The Morgan fingerprint density at radius 2 is 2.12 bits per heavy atom. The summed E-state index contributed by atoms with van der Waals surface area (Å²) in [5, 5.41) is 22.5. The van der Waals surface area contributed by atoms with Gasteiger partial charge in [-0.05, 0) is 37.8 Å². The van der Waals surface area contributed by atoms with E-state index in [0.29, 0.717) is 41.0 Å². The molecule has 1 aliphatic carbocycles. The van der Waals surface area contributed by atoms with E-state index in [2.05, 4.69) is 31.0 Å². The van der Waals surface area contributed by atoms with E-state index in [1.54, 1.807) is 17.8 Å². The number of nitrogens with one attached hydrogen (secondary N) is 3. The molecule has 1 aliphatic rings. The number of aliphatic hydroxyl groups is 1. The molecule has 0 unspecified atom stereocenters. The smallest absolute Gasteiger partial charge is 0.256 e. The van der Waals surface area contributed by atoms with Crippen molar-refractivity contribution in [1.82, 2.24) is 24.9 Å². The Bertz CT molecular complexity index is 1060. The Morgan fingerprint density at radius 3 is 2.91 bits per heavy atom. The van der Waals surface area contributed by atoms with Crippen LogP contribution in [0.25, 0.3) is 5.65 Å². The zero-order valence-corrected chi connectivity index (χ0v) is 18.2. The number of fused-ring (bicyclic) bond motifs is 1. The minimum absolute atomic E-state index is 0.206. The molecule has 0 aromatic carbocycles. The molecule has 0 radical (unpaired) electrons. The average molecular weight is 440 g/mol. The van der Waals surface area contributed by atoms with Crippen LogP contribution in [0, 0.1) is 0 Å². The van der Waals surface area contributed by atoms with E-state index in [4.69, 9.17) is 9.84 Å². The molecule has 1 amide bonds. The zero-order valence-electron chi connectivity index (χ0n) is 18.2. The third kappa shape index (κ3) is 5.25. The molecule has 0 bridgehead atoms. The average Bonchev–Trinajstić information content (AvgIpc) is 3.52. The highest BCUT2D eigenvalue weighted by molar-refractivity contribution is 6.00. The second-order valence-corrected chi connectivity index (χ2v) is 7.76. The first-order valence-corrected chi connectivity index (χ1v) is 11.0. The van der Waals surface area contributed by atoms with E-state index in [1.165, 1.54) is 6.20 Å². The summed E-state index contributed by atoms with van der Waals surface area (Å²) < 4.78 is 7.49. The molecule has 10 nitrogen and oxygen atoms in total. The number of aromatic nitrogens is 4. The summed E-state index contributed by atoms with van der Waals surface area (Å²) in [6.07, 6.45) is 9.09. The number of carbonyl (C=O) groups excluding carboxylic acids is 1. The lowest BCUT2D eigenvalue weighted by molar-refractivity contribution is 0.0954. The van der Waals surface area contributed by atoms with E-state index >= 15 is 0 Å². The SMILES string of the molecule is CNc1cc(Nc2cccnc2OC2CC2)nc2c(C(=O)NCCCCCCO)cnn12. The molecule has 0 saturated heterocycles. The summed E-state index contributed by atoms with van der Waals surface area (Å²) >= 11 is 0. The normalized spacial score (nSPS) is 13.2. The molecule has 10 heteroatoms. The minimum Gasteiger partial charge on any atom is -0.473 e. The first-order chi connectivity index (χ1) is 15.7. The molecular formula is C22H29N7O3. The van der Waals surface area contributed by atoms with Crippen molar-refractivity contribution < 1.29 is 14.6 Å². The number of aliphatic hydroxyl groups excluding tert-OH is 1. The van der Waals surface area contributed by atoms with Gasteiger partial charge in [-0.25, -0.2) is 9.97 Å². The van der Waals surface area contributed by atoms with Crippen LogP contribution < -0.4 is 20.7 Å². The molecule has 4 N–H and O–H groups in total. The van der Waals surface area contributed by atoms with E-state index in [1.807, 2.05) is 18.2 Å². The van der Waals surface area contributed by atoms with Gasteiger partial charge in [-0.3, -0.25) is 4.79 Å². The monoisotopic (exact) mass is 439 g/mol. The van der Waals surface area contributed by atoms with Crippen molar-refractivity contribution in [2.45, 2.75) is 44.6 Å². The molecule has 3 aromatic rings. The third-order valence-corrected chi connectivity index (χ3v) is 5.18. The van der Waals surface area contributed by atoms with Gasteiger partial charge in [0.15, 0.2) is 5.65 Å². The van der Waals surface area contributed by atoms with E-state index < -0.39 is 0 Å². The number of unbranched alkanes of at least 4 members (excludes halogenated alkanes) is 3. The van der Waals surface area contributed by atoms with Crippen molar-refractivity contribution in [3.63, 3.8) is 0 Å². The molecule has 1 fully saturated rings. The van der Waals surface area contributed by atoms with Crippen LogP contribution in [0.1, 0.15) is 48.9 Å². The fourth-order valence-electron chi connectivity index (χ4n) is 3.31. The molecule has 32 heavy (non-hydrogen) atoms. The second-order valence-electron chi connectivity index (χ2n) is 7.76. The molecule has 3 heterocycles. The van der Waals surface area contributed by atoms with Gasteiger partial charge in [0.2, 0.25) is 5.88 Å². The number of hydrogen-bond acceptors (Lipinski definition) is 8. The molecule has 170 valence electrons. The van der Waals surface area contributed by atoms with Crippen molar-refractivity contribution in [1.29, 1.82) is 0 Å². The maximum Gasteiger partial charge on any atom is 0.256 e. The molecular weight excluding hydrogens is 410 g/mol. The quantitative estimate of drug-likeness (QED) is 0.318. The summed E-state index contributed by atoms with van der Waals surface area (Å²) in [4.78, 5) is 21.7. The number of rotatable bonds is 12. The lowest BCUT2D eigenvalue weighted by Gasteiger charge is -2.13. The van der Waals surface area contributed by atoms with Gasteiger partial charge in [0.1, 0.15) is 29.0 Å². The van der Waals surface area contributed by atoms with Gasteiger partial charge < -0.3 is 25.8 Å². The number of carbonyl (C=O) groups is 1. The van der Waals surface area contributed by atoms with Gasteiger partial charge in [-0.1, -0.05) is 12.8 Å². The van der Waals surface area contributed by atoms with Gasteiger partial charge in [0.05, 0.1) is 6.20 Å². The minimum atomic E-state index is -0.215. The largest absolute Gasteiger partial charge is 0.473 e. The Labute approximate surface area is 186 Å². The van der Waals surface area contributed by atoms with Crippen LogP contribution in [-0.2, 0) is 0 Å². The van der Waals surface area contributed by atoms with E-state index in [9.17, 15) is 4.79 Å². The van der Waals surface area contributed by atoms with Crippen LogP contribution in [0.5, 0.6) is 5.88 Å². The first-order valence-electron chi connectivity index (χ1n) is 11.0. The van der Waals surface area contributed by atoms with Gasteiger partial charge in [-0.2, -0.15) is 9.61 Å². The highest BCUT2D eigenvalue weighted by atomic mass is 16.5. The highest BCUT2D eigenvalue weighted by Gasteiger charge is 2.25. The van der Waals surface area contributed by atoms with Crippen LogP contribution in [0.15, 0.2) is 30.6 Å². The van der Waals surface area contributed by atoms with Gasteiger partial charge in [0.25, 0.3) is 5.91 Å². The molecule has 0 aliphatic heterocycles.